The average Bonchev–Trinajstić information content (AvgIpc) is 3.02. The van der Waals surface area contributed by atoms with Gasteiger partial charge in [-0.1, -0.05) is 42.5 Å². The fourth-order valence-corrected chi connectivity index (χ4v) is 5.67. The number of amides is 2. The number of hydrogen-bond donors (Lipinski definition) is 2. The first-order valence-electron chi connectivity index (χ1n) is 10.1. The minimum atomic E-state index is -1.31. The molecule has 2 N–H and O–H groups in total. The van der Waals surface area contributed by atoms with Gasteiger partial charge in [0, 0.05) is 16.5 Å². The summed E-state index contributed by atoms with van der Waals surface area (Å²) in [7, 11) is 0. The van der Waals surface area contributed by atoms with Crippen LogP contribution in [0.2, 0.25) is 0 Å². The Bertz CT molecular complexity index is 1090. The first-order valence-corrected chi connectivity index (χ1v) is 11.0. The van der Waals surface area contributed by atoms with Gasteiger partial charge in [0.05, 0.1) is 12.0 Å². The molecular formula is C23H22N3NaO5S. The summed E-state index contributed by atoms with van der Waals surface area (Å²) in [5.74, 6) is -2.22. The van der Waals surface area contributed by atoms with Crippen LogP contribution in [0.3, 0.4) is 0 Å². The number of hydrogen-bond acceptors (Lipinski definition) is 7. The van der Waals surface area contributed by atoms with E-state index in [2.05, 4.69) is 10.3 Å². The number of nitrogens with zero attached hydrogens (tertiary/aromatic N) is 2. The third-order valence-corrected chi connectivity index (χ3v) is 7.20. The number of carbonyl (C=O) groups is 3. The number of nitrogens with one attached hydrogen (secondary N) is 1. The third-order valence-electron chi connectivity index (χ3n) is 5.63. The minimum Gasteiger partial charge on any atom is -0.548 e. The largest absolute Gasteiger partial charge is 1.00 e. The molecule has 10 heteroatoms. The van der Waals surface area contributed by atoms with Crippen LogP contribution in [0.1, 0.15) is 31.0 Å². The number of para-hydroxylation sites is 1. The van der Waals surface area contributed by atoms with Crippen molar-refractivity contribution in [1.29, 1.82) is 0 Å². The number of aliphatic carboxylic acids is 1. The van der Waals surface area contributed by atoms with Gasteiger partial charge in [0.1, 0.15) is 17.2 Å². The molecule has 4 atom stereocenters. The first-order chi connectivity index (χ1) is 15.2. The number of fused-ring (bicyclic) bond motifs is 1. The molecule has 2 aromatic carbocycles. The van der Waals surface area contributed by atoms with Crippen LogP contribution >= 0.6 is 11.8 Å². The zero-order valence-electron chi connectivity index (χ0n) is 18.5. The molecular weight excluding hydrogens is 453 g/mol. The quantitative estimate of drug-likeness (QED) is 0.279. The summed E-state index contributed by atoms with van der Waals surface area (Å²) in [4.78, 5) is 43.1. The number of rotatable bonds is 6. The maximum atomic E-state index is 13.2. The molecule has 0 bridgehead atoms. The second-order valence-electron chi connectivity index (χ2n) is 8.22. The Labute approximate surface area is 217 Å². The van der Waals surface area contributed by atoms with Gasteiger partial charge in [-0.3, -0.25) is 14.6 Å². The van der Waals surface area contributed by atoms with E-state index in [1.165, 1.54) is 28.9 Å². The Morgan fingerprint density at radius 2 is 1.82 bits per heavy atom. The molecule has 0 radical (unpaired) electrons. The van der Waals surface area contributed by atoms with E-state index in [-0.39, 0.29) is 35.3 Å². The van der Waals surface area contributed by atoms with Crippen molar-refractivity contribution >= 4 is 35.8 Å². The number of carboxylic acid groups (broad SMARTS) is 1. The van der Waals surface area contributed by atoms with Gasteiger partial charge >= 0.3 is 29.6 Å². The standard InChI is InChI=1S/C23H23N3O5S.Na/c1-23(2)18(22(30)31)26-20(29)17(21(26)32-23)25-19(28)16(13-8-4-3-5-9-13)24-12-14-10-6-7-11-15(14)27;/h3-12,16-18,21,27H,1-2H3,(H,25,28)(H,30,31);/q;+1/p-1/t16?,17-,18+,21-;/m1./s1. The van der Waals surface area contributed by atoms with E-state index < -0.39 is 46.0 Å². The number of carbonyl (C=O) groups excluding carboxylic acids is 3. The van der Waals surface area contributed by atoms with Crippen LogP contribution in [0.25, 0.3) is 0 Å². The second kappa shape index (κ2) is 9.89. The van der Waals surface area contributed by atoms with Gasteiger partial charge in [0.2, 0.25) is 11.8 Å². The van der Waals surface area contributed by atoms with Crippen molar-refractivity contribution in [3.05, 3.63) is 65.7 Å². The molecule has 166 valence electrons. The topological polar surface area (TPSA) is 122 Å². The van der Waals surface area contributed by atoms with E-state index in [0.717, 1.165) is 0 Å². The molecule has 2 amide bonds. The second-order valence-corrected chi connectivity index (χ2v) is 9.99. The molecule has 0 spiro atoms. The number of aliphatic imine (C=N–C) groups is 1. The van der Waals surface area contributed by atoms with E-state index in [9.17, 15) is 24.6 Å². The smallest absolute Gasteiger partial charge is 0.548 e. The van der Waals surface area contributed by atoms with Crippen LogP contribution in [0.4, 0.5) is 0 Å². The van der Waals surface area contributed by atoms with Crippen molar-refractivity contribution in [2.24, 2.45) is 4.99 Å². The monoisotopic (exact) mass is 475 g/mol. The first kappa shape index (κ1) is 25.3. The van der Waals surface area contributed by atoms with Crippen LogP contribution < -0.4 is 40.0 Å². The number of benzene rings is 2. The van der Waals surface area contributed by atoms with Crippen LogP contribution in [-0.2, 0) is 14.4 Å². The Morgan fingerprint density at radius 1 is 1.18 bits per heavy atom. The van der Waals surface area contributed by atoms with E-state index in [1.807, 2.05) is 6.07 Å². The van der Waals surface area contributed by atoms with Crippen molar-refractivity contribution in [2.45, 2.75) is 42.1 Å². The number of β-lactam (4-membered cyclic amide) rings is 1. The fourth-order valence-electron chi connectivity index (χ4n) is 4.05. The number of phenolic OH excluding ortho intramolecular Hbond substituents is 1. The molecule has 0 aliphatic carbocycles. The molecule has 8 nitrogen and oxygen atoms in total. The summed E-state index contributed by atoms with van der Waals surface area (Å²) in [6.45, 7) is 3.48. The Kier molecular flexibility index (Phi) is 7.58. The Hall–Kier alpha value is -2.33. The molecule has 4 rings (SSSR count). The summed E-state index contributed by atoms with van der Waals surface area (Å²) in [6, 6.07) is 12.6. The molecule has 2 aliphatic rings. The summed E-state index contributed by atoms with van der Waals surface area (Å²) < 4.78 is -0.736. The van der Waals surface area contributed by atoms with Gasteiger partial charge < -0.3 is 25.2 Å². The molecule has 33 heavy (non-hydrogen) atoms. The number of aromatic hydroxyl groups is 1. The average molecular weight is 476 g/mol. The predicted octanol–water partition coefficient (Wildman–Crippen LogP) is -2.15. The van der Waals surface area contributed by atoms with Gasteiger partial charge in [-0.2, -0.15) is 0 Å². The van der Waals surface area contributed by atoms with E-state index in [0.29, 0.717) is 11.1 Å². The molecule has 1 unspecified atom stereocenters. The maximum absolute atomic E-state index is 13.2. The Balaban J connectivity index is 0.00000306. The predicted molar refractivity (Wildman–Crippen MR) is 118 cm³/mol. The summed E-state index contributed by atoms with van der Waals surface area (Å²) in [5, 5.41) is 23.8. The van der Waals surface area contributed by atoms with Gasteiger partial charge in [-0.15, -0.1) is 11.8 Å². The number of phenols is 1. The summed E-state index contributed by atoms with van der Waals surface area (Å²) in [5.41, 5.74) is 1.07. The Morgan fingerprint density at radius 3 is 2.45 bits per heavy atom. The third kappa shape index (κ3) is 4.82. The zero-order chi connectivity index (χ0) is 23.0. The summed E-state index contributed by atoms with van der Waals surface area (Å²) in [6.07, 6.45) is 1.42. The van der Waals surface area contributed by atoms with Crippen LogP contribution in [0, 0.1) is 0 Å². The molecule has 2 saturated heterocycles. The van der Waals surface area contributed by atoms with Crippen molar-refractivity contribution in [3.63, 3.8) is 0 Å². The normalized spacial score (nSPS) is 23.9. The van der Waals surface area contributed by atoms with Gasteiger partial charge in [0.25, 0.3) is 0 Å². The van der Waals surface area contributed by atoms with Crippen LogP contribution in [0.15, 0.2) is 59.6 Å². The zero-order valence-corrected chi connectivity index (χ0v) is 21.3. The van der Waals surface area contributed by atoms with E-state index >= 15 is 0 Å². The molecule has 0 saturated carbocycles. The number of carboxylic acids is 1. The molecule has 2 heterocycles. The van der Waals surface area contributed by atoms with Crippen molar-refractivity contribution in [2.75, 3.05) is 0 Å². The number of thioether (sulfide) groups is 1. The van der Waals surface area contributed by atoms with Crippen LogP contribution in [0.5, 0.6) is 5.75 Å². The van der Waals surface area contributed by atoms with Gasteiger partial charge in [-0.25, -0.2) is 0 Å². The van der Waals surface area contributed by atoms with Crippen molar-refractivity contribution in [3.8, 4) is 5.75 Å². The fraction of sp³-hybridized carbons (Fsp3) is 0.304. The van der Waals surface area contributed by atoms with Crippen molar-refractivity contribution in [1.82, 2.24) is 10.2 Å². The van der Waals surface area contributed by atoms with E-state index in [4.69, 9.17) is 0 Å². The molecule has 2 fully saturated rings. The maximum Gasteiger partial charge on any atom is 1.00 e. The summed E-state index contributed by atoms with van der Waals surface area (Å²) >= 11 is 1.33. The van der Waals surface area contributed by atoms with Crippen LogP contribution in [-0.4, -0.2) is 56.2 Å². The van der Waals surface area contributed by atoms with Gasteiger partial charge in [0.15, 0.2) is 6.04 Å². The molecule has 2 aliphatic heterocycles. The van der Waals surface area contributed by atoms with Gasteiger partial charge in [-0.05, 0) is 31.5 Å². The van der Waals surface area contributed by atoms with Crippen molar-refractivity contribution < 1.29 is 54.2 Å². The van der Waals surface area contributed by atoms with E-state index in [1.54, 1.807) is 56.3 Å². The molecule has 0 aromatic heterocycles. The SMILES string of the molecule is CC1(C)S[C@@H]2[C@H](NC(=O)C(N=Cc3ccccc3O)c3ccccc3)C(=O)N2[C@H]1C(=O)[O-].[Na+]. The molecule has 2 aromatic rings. The minimum absolute atomic E-state index is 0.